The highest BCUT2D eigenvalue weighted by molar-refractivity contribution is 5.73. The zero-order valence-electron chi connectivity index (χ0n) is 9.75. The van der Waals surface area contributed by atoms with Gasteiger partial charge in [-0.05, 0) is 24.3 Å². The van der Waals surface area contributed by atoms with E-state index in [0.717, 1.165) is 0 Å². The Morgan fingerprint density at radius 2 is 1.79 bits per heavy atom. The molecule has 0 aliphatic rings. The summed E-state index contributed by atoms with van der Waals surface area (Å²) >= 11 is 0. The van der Waals surface area contributed by atoms with E-state index in [1.54, 1.807) is 12.1 Å². The Labute approximate surface area is 107 Å². The normalized spacial score (nSPS) is 10.6. The highest BCUT2D eigenvalue weighted by atomic mass is 19.1. The molecule has 0 amide bonds. The number of hydrogen-bond donors (Lipinski definition) is 1. The van der Waals surface area contributed by atoms with Gasteiger partial charge in [-0.15, -0.1) is 5.10 Å². The van der Waals surface area contributed by atoms with Crippen molar-refractivity contribution in [2.24, 2.45) is 0 Å². The molecule has 3 rings (SSSR count). The number of halogens is 1. The lowest BCUT2D eigenvalue weighted by Gasteiger charge is -2.06. The number of nitrogens with two attached hydrogens (primary N) is 1. The number of benzene rings is 2. The van der Waals surface area contributed by atoms with Gasteiger partial charge in [0.25, 0.3) is 0 Å². The Hall–Kier alpha value is -2.76. The maximum absolute atomic E-state index is 12.9. The van der Waals surface area contributed by atoms with Gasteiger partial charge in [-0.1, -0.05) is 17.2 Å². The SMILES string of the molecule is Nc1cc(F)ccc1Oc1nnc2ccccc2n1. The van der Waals surface area contributed by atoms with Crippen LogP contribution in [0.5, 0.6) is 11.8 Å². The predicted octanol–water partition coefficient (Wildman–Crippen LogP) is 2.54. The van der Waals surface area contributed by atoms with Crippen molar-refractivity contribution in [1.82, 2.24) is 15.2 Å². The molecule has 0 unspecified atom stereocenters. The van der Waals surface area contributed by atoms with Crippen LogP contribution in [0.25, 0.3) is 11.0 Å². The van der Waals surface area contributed by atoms with Crippen molar-refractivity contribution in [3.63, 3.8) is 0 Å². The monoisotopic (exact) mass is 256 g/mol. The number of para-hydroxylation sites is 1. The van der Waals surface area contributed by atoms with Gasteiger partial charge in [0.05, 0.1) is 11.2 Å². The molecular formula is C13H9FN4O. The third-order valence-corrected chi connectivity index (χ3v) is 2.51. The second-order valence-corrected chi connectivity index (χ2v) is 3.87. The van der Waals surface area contributed by atoms with E-state index in [1.165, 1.54) is 18.2 Å². The molecule has 94 valence electrons. The van der Waals surface area contributed by atoms with Crippen molar-refractivity contribution in [3.05, 3.63) is 48.3 Å². The van der Waals surface area contributed by atoms with E-state index >= 15 is 0 Å². The van der Waals surface area contributed by atoms with Gasteiger partial charge in [-0.3, -0.25) is 0 Å². The minimum absolute atomic E-state index is 0.0667. The smallest absolute Gasteiger partial charge is 0.341 e. The lowest BCUT2D eigenvalue weighted by Crippen LogP contribution is -1.98. The standard InChI is InChI=1S/C13H9FN4O/c14-8-5-6-12(9(15)7-8)19-13-16-10-3-1-2-4-11(10)17-18-13/h1-7H,15H2. The molecule has 2 N–H and O–H groups in total. The number of hydrogen-bond acceptors (Lipinski definition) is 5. The summed E-state index contributed by atoms with van der Waals surface area (Å²) in [5.41, 5.74) is 7.15. The molecule has 0 atom stereocenters. The number of ether oxygens (including phenoxy) is 1. The van der Waals surface area contributed by atoms with E-state index in [2.05, 4.69) is 15.2 Å². The molecule has 3 aromatic rings. The van der Waals surface area contributed by atoms with Crippen molar-refractivity contribution in [2.45, 2.75) is 0 Å². The van der Waals surface area contributed by atoms with Crippen LogP contribution in [-0.2, 0) is 0 Å². The van der Waals surface area contributed by atoms with Gasteiger partial charge < -0.3 is 10.5 Å². The topological polar surface area (TPSA) is 73.9 Å². The summed E-state index contributed by atoms with van der Waals surface area (Å²) in [6.07, 6.45) is 0. The van der Waals surface area contributed by atoms with E-state index in [1.807, 2.05) is 12.1 Å². The van der Waals surface area contributed by atoms with Gasteiger partial charge in [-0.2, -0.15) is 4.98 Å². The highest BCUT2D eigenvalue weighted by Gasteiger charge is 2.07. The minimum atomic E-state index is -0.428. The Morgan fingerprint density at radius 3 is 2.58 bits per heavy atom. The van der Waals surface area contributed by atoms with Gasteiger partial charge in [-0.25, -0.2) is 4.39 Å². The average Bonchev–Trinajstić information content (AvgIpc) is 2.42. The van der Waals surface area contributed by atoms with Crippen LogP contribution in [0.1, 0.15) is 0 Å². The molecule has 2 aromatic carbocycles. The minimum Gasteiger partial charge on any atom is -0.421 e. The quantitative estimate of drug-likeness (QED) is 0.713. The molecule has 5 nitrogen and oxygen atoms in total. The number of aromatic nitrogens is 3. The molecule has 0 aliphatic carbocycles. The van der Waals surface area contributed by atoms with Crippen LogP contribution in [-0.4, -0.2) is 15.2 Å². The predicted molar refractivity (Wildman–Crippen MR) is 68.2 cm³/mol. The van der Waals surface area contributed by atoms with Crippen LogP contribution in [0.2, 0.25) is 0 Å². The van der Waals surface area contributed by atoms with Gasteiger partial charge in [0.15, 0.2) is 5.75 Å². The van der Waals surface area contributed by atoms with Crippen LogP contribution < -0.4 is 10.5 Å². The maximum atomic E-state index is 12.9. The first-order valence-electron chi connectivity index (χ1n) is 5.55. The number of fused-ring (bicyclic) bond motifs is 1. The summed E-state index contributed by atoms with van der Waals surface area (Å²) in [6, 6.07) is 11.2. The van der Waals surface area contributed by atoms with Crippen molar-refractivity contribution >= 4 is 16.7 Å². The van der Waals surface area contributed by atoms with Crippen molar-refractivity contribution in [3.8, 4) is 11.8 Å². The van der Waals surface area contributed by atoms with Crippen LogP contribution in [0.3, 0.4) is 0 Å². The molecule has 0 bridgehead atoms. The van der Waals surface area contributed by atoms with Crippen LogP contribution in [0, 0.1) is 5.82 Å². The Bertz CT molecular complexity index is 748. The zero-order valence-corrected chi connectivity index (χ0v) is 9.75. The molecule has 0 spiro atoms. The summed E-state index contributed by atoms with van der Waals surface area (Å²) in [4.78, 5) is 4.19. The fraction of sp³-hybridized carbons (Fsp3) is 0. The molecule has 1 aromatic heterocycles. The number of anilines is 1. The second kappa shape index (κ2) is 4.49. The third-order valence-electron chi connectivity index (χ3n) is 2.51. The summed E-state index contributed by atoms with van der Waals surface area (Å²) in [7, 11) is 0. The molecule has 0 saturated heterocycles. The third kappa shape index (κ3) is 2.28. The van der Waals surface area contributed by atoms with Crippen LogP contribution >= 0.6 is 0 Å². The van der Waals surface area contributed by atoms with Crippen LogP contribution in [0.4, 0.5) is 10.1 Å². The van der Waals surface area contributed by atoms with E-state index in [-0.39, 0.29) is 11.7 Å². The first-order valence-corrected chi connectivity index (χ1v) is 5.55. The lowest BCUT2D eigenvalue weighted by molar-refractivity contribution is 0.438. The fourth-order valence-corrected chi connectivity index (χ4v) is 1.62. The summed E-state index contributed by atoms with van der Waals surface area (Å²) < 4.78 is 18.3. The lowest BCUT2D eigenvalue weighted by atomic mass is 10.3. The molecule has 6 heteroatoms. The molecule has 1 heterocycles. The molecule has 19 heavy (non-hydrogen) atoms. The van der Waals surface area contributed by atoms with E-state index in [0.29, 0.717) is 16.8 Å². The van der Waals surface area contributed by atoms with Gasteiger partial charge in [0.2, 0.25) is 0 Å². The summed E-state index contributed by atoms with van der Waals surface area (Å²) in [6.45, 7) is 0. The van der Waals surface area contributed by atoms with Crippen molar-refractivity contribution in [2.75, 3.05) is 5.73 Å². The molecule has 0 aliphatic heterocycles. The molecule has 0 saturated carbocycles. The Balaban J connectivity index is 1.96. The fourth-order valence-electron chi connectivity index (χ4n) is 1.62. The number of nitrogen functional groups attached to an aromatic ring is 1. The van der Waals surface area contributed by atoms with E-state index in [4.69, 9.17) is 10.5 Å². The van der Waals surface area contributed by atoms with Gasteiger partial charge in [0.1, 0.15) is 11.3 Å². The van der Waals surface area contributed by atoms with E-state index in [9.17, 15) is 4.39 Å². The Kier molecular flexibility index (Phi) is 2.68. The molecule has 0 radical (unpaired) electrons. The highest BCUT2D eigenvalue weighted by Crippen LogP contribution is 2.26. The number of nitrogens with zero attached hydrogens (tertiary/aromatic N) is 3. The van der Waals surface area contributed by atoms with Crippen molar-refractivity contribution in [1.29, 1.82) is 0 Å². The molecule has 0 fully saturated rings. The average molecular weight is 256 g/mol. The van der Waals surface area contributed by atoms with Gasteiger partial charge in [0, 0.05) is 6.07 Å². The summed E-state index contributed by atoms with van der Waals surface area (Å²) in [5.74, 6) is -0.138. The zero-order chi connectivity index (χ0) is 13.2. The first kappa shape index (κ1) is 11.3. The van der Waals surface area contributed by atoms with Crippen LogP contribution in [0.15, 0.2) is 42.5 Å². The molecular weight excluding hydrogens is 247 g/mol. The van der Waals surface area contributed by atoms with E-state index < -0.39 is 5.82 Å². The number of rotatable bonds is 2. The Morgan fingerprint density at radius 1 is 1.00 bits per heavy atom. The second-order valence-electron chi connectivity index (χ2n) is 3.87. The first-order chi connectivity index (χ1) is 9.22. The van der Waals surface area contributed by atoms with Crippen molar-refractivity contribution < 1.29 is 9.13 Å². The van der Waals surface area contributed by atoms with Gasteiger partial charge >= 0.3 is 6.01 Å². The maximum Gasteiger partial charge on any atom is 0.341 e. The summed E-state index contributed by atoms with van der Waals surface area (Å²) in [5, 5.41) is 7.81. The largest absolute Gasteiger partial charge is 0.421 e.